The van der Waals surface area contributed by atoms with Gasteiger partial charge >= 0.3 is 0 Å². The maximum Gasteiger partial charge on any atom is 0.0825 e. The van der Waals surface area contributed by atoms with E-state index in [0.29, 0.717) is 0 Å². The van der Waals surface area contributed by atoms with Crippen LogP contribution in [-0.4, -0.2) is 0 Å². The molecule has 0 aliphatic carbocycles. The lowest BCUT2D eigenvalue weighted by Gasteiger charge is -2.13. The molecule has 0 spiro atoms. The molecule has 2 rings (SSSR count). The summed E-state index contributed by atoms with van der Waals surface area (Å²) in [5.41, 5.74) is 3.98. The zero-order valence-corrected chi connectivity index (χ0v) is 10.5. The second-order valence-corrected chi connectivity index (χ2v) is 5.69. The van der Waals surface area contributed by atoms with Crippen molar-refractivity contribution in [3.05, 3.63) is 43.2 Å². The Hall–Kier alpha value is -0.390. The highest BCUT2D eigenvalue weighted by Crippen LogP contribution is 2.33. The van der Waals surface area contributed by atoms with Crippen LogP contribution in [0.15, 0.2) is 22.9 Å². The number of nitrogens with one attached hydrogen (secondary N) is 1. The van der Waals surface area contributed by atoms with Gasteiger partial charge in [-0.2, -0.15) is 0 Å². The van der Waals surface area contributed by atoms with Crippen LogP contribution < -0.4 is 11.3 Å². The van der Waals surface area contributed by atoms with Crippen molar-refractivity contribution in [3.8, 4) is 0 Å². The smallest absolute Gasteiger partial charge is 0.0825 e. The van der Waals surface area contributed by atoms with E-state index in [4.69, 9.17) is 17.4 Å². The van der Waals surface area contributed by atoms with Crippen LogP contribution in [0.25, 0.3) is 0 Å². The number of hydrogen-bond acceptors (Lipinski definition) is 4. The fourth-order valence-corrected chi connectivity index (χ4v) is 3.43. The molecular formula is C10H11ClN2S2. The summed E-state index contributed by atoms with van der Waals surface area (Å²) in [6.07, 6.45) is 0. The number of hydrazine groups is 1. The Morgan fingerprint density at radius 1 is 1.47 bits per heavy atom. The molecule has 0 bridgehead atoms. The number of nitrogens with two attached hydrogens (primary N) is 1. The van der Waals surface area contributed by atoms with Gasteiger partial charge in [0.1, 0.15) is 0 Å². The van der Waals surface area contributed by atoms with E-state index in [1.807, 2.05) is 11.4 Å². The van der Waals surface area contributed by atoms with Gasteiger partial charge in [-0.15, -0.1) is 22.7 Å². The van der Waals surface area contributed by atoms with Gasteiger partial charge in [0.2, 0.25) is 0 Å². The first-order valence-electron chi connectivity index (χ1n) is 4.46. The number of rotatable bonds is 3. The van der Waals surface area contributed by atoms with Crippen LogP contribution in [0.3, 0.4) is 0 Å². The largest absolute Gasteiger partial charge is 0.271 e. The molecule has 0 saturated carbocycles. The molecule has 2 heterocycles. The summed E-state index contributed by atoms with van der Waals surface area (Å²) < 4.78 is 0. The first kappa shape index (κ1) is 11.1. The zero-order chi connectivity index (χ0) is 10.8. The second-order valence-electron chi connectivity index (χ2n) is 3.22. The lowest BCUT2D eigenvalue weighted by Crippen LogP contribution is -2.28. The lowest BCUT2D eigenvalue weighted by atomic mass is 10.1. The SMILES string of the molecule is Cc1cc(C(NN)c2sccc2Cl)cs1. The fourth-order valence-electron chi connectivity index (χ4n) is 1.45. The van der Waals surface area contributed by atoms with E-state index >= 15 is 0 Å². The minimum Gasteiger partial charge on any atom is -0.271 e. The Balaban J connectivity index is 2.36. The molecule has 1 atom stereocenters. The van der Waals surface area contributed by atoms with Gasteiger partial charge in [0.25, 0.3) is 0 Å². The summed E-state index contributed by atoms with van der Waals surface area (Å²) in [7, 11) is 0. The molecule has 2 aromatic heterocycles. The van der Waals surface area contributed by atoms with Crippen molar-refractivity contribution >= 4 is 34.3 Å². The molecule has 15 heavy (non-hydrogen) atoms. The quantitative estimate of drug-likeness (QED) is 0.655. The van der Waals surface area contributed by atoms with Gasteiger partial charge in [-0.3, -0.25) is 5.84 Å². The van der Waals surface area contributed by atoms with Gasteiger partial charge in [0, 0.05) is 9.75 Å². The maximum atomic E-state index is 6.09. The van der Waals surface area contributed by atoms with E-state index in [1.165, 1.54) is 10.4 Å². The first-order valence-corrected chi connectivity index (χ1v) is 6.60. The molecule has 0 aliphatic rings. The van der Waals surface area contributed by atoms with E-state index in [-0.39, 0.29) is 6.04 Å². The summed E-state index contributed by atoms with van der Waals surface area (Å²) in [6.45, 7) is 2.08. The van der Waals surface area contributed by atoms with Crippen LogP contribution in [-0.2, 0) is 0 Å². The van der Waals surface area contributed by atoms with Crippen LogP contribution in [0.4, 0.5) is 0 Å². The molecule has 3 N–H and O–H groups in total. The predicted octanol–water partition coefficient (Wildman–Crippen LogP) is 3.32. The monoisotopic (exact) mass is 258 g/mol. The van der Waals surface area contributed by atoms with Crippen molar-refractivity contribution in [2.75, 3.05) is 0 Å². The third-order valence-corrected chi connectivity index (χ3v) is 4.46. The van der Waals surface area contributed by atoms with Gasteiger partial charge in [0.05, 0.1) is 11.1 Å². The highest BCUT2D eigenvalue weighted by Gasteiger charge is 2.17. The molecule has 0 fully saturated rings. The fraction of sp³-hybridized carbons (Fsp3) is 0.200. The van der Waals surface area contributed by atoms with Crippen LogP contribution in [0.2, 0.25) is 5.02 Å². The Kier molecular flexibility index (Phi) is 3.43. The Morgan fingerprint density at radius 3 is 2.73 bits per heavy atom. The predicted molar refractivity (Wildman–Crippen MR) is 67.6 cm³/mol. The van der Waals surface area contributed by atoms with E-state index < -0.39 is 0 Å². The second kappa shape index (κ2) is 4.63. The highest BCUT2D eigenvalue weighted by atomic mass is 35.5. The third kappa shape index (κ3) is 2.24. The maximum absolute atomic E-state index is 6.09. The molecule has 2 nitrogen and oxygen atoms in total. The molecule has 80 valence electrons. The molecule has 5 heteroatoms. The van der Waals surface area contributed by atoms with Gasteiger partial charge in [0.15, 0.2) is 0 Å². The highest BCUT2D eigenvalue weighted by molar-refractivity contribution is 7.11. The number of thiophene rings is 2. The minimum absolute atomic E-state index is 0.00227. The molecule has 0 radical (unpaired) electrons. The summed E-state index contributed by atoms with van der Waals surface area (Å²) in [5, 5.41) is 4.85. The van der Waals surface area contributed by atoms with Crippen molar-refractivity contribution in [3.63, 3.8) is 0 Å². The van der Waals surface area contributed by atoms with E-state index in [1.54, 1.807) is 22.7 Å². The third-order valence-electron chi connectivity index (χ3n) is 2.16. The average molecular weight is 259 g/mol. The Labute approximate surface area is 102 Å². The molecule has 1 unspecified atom stereocenters. The lowest BCUT2D eigenvalue weighted by molar-refractivity contribution is 0.648. The van der Waals surface area contributed by atoms with Crippen molar-refractivity contribution in [2.24, 2.45) is 5.84 Å². The van der Waals surface area contributed by atoms with Crippen LogP contribution in [0.1, 0.15) is 21.4 Å². The van der Waals surface area contributed by atoms with Crippen LogP contribution in [0.5, 0.6) is 0 Å². The Morgan fingerprint density at radius 2 is 2.27 bits per heavy atom. The summed E-state index contributed by atoms with van der Waals surface area (Å²) in [6, 6.07) is 4.03. The van der Waals surface area contributed by atoms with Gasteiger partial charge in [-0.25, -0.2) is 5.43 Å². The van der Waals surface area contributed by atoms with Crippen molar-refractivity contribution in [1.82, 2.24) is 5.43 Å². The van der Waals surface area contributed by atoms with Crippen molar-refractivity contribution in [1.29, 1.82) is 0 Å². The molecule has 0 amide bonds. The normalized spacial score (nSPS) is 13.0. The van der Waals surface area contributed by atoms with Gasteiger partial charge < -0.3 is 0 Å². The van der Waals surface area contributed by atoms with Crippen molar-refractivity contribution in [2.45, 2.75) is 13.0 Å². The topological polar surface area (TPSA) is 38.0 Å². The molecular weight excluding hydrogens is 248 g/mol. The van der Waals surface area contributed by atoms with Crippen LogP contribution >= 0.6 is 34.3 Å². The van der Waals surface area contributed by atoms with E-state index in [9.17, 15) is 0 Å². The average Bonchev–Trinajstić information content (AvgIpc) is 2.79. The molecule has 2 aromatic rings. The molecule has 0 saturated heterocycles. The minimum atomic E-state index is 0.00227. The van der Waals surface area contributed by atoms with Crippen LogP contribution in [0, 0.1) is 6.92 Å². The first-order chi connectivity index (χ1) is 7.22. The summed E-state index contributed by atoms with van der Waals surface area (Å²) >= 11 is 9.42. The summed E-state index contributed by atoms with van der Waals surface area (Å²) in [5.74, 6) is 5.58. The molecule has 0 aromatic carbocycles. The zero-order valence-electron chi connectivity index (χ0n) is 8.16. The van der Waals surface area contributed by atoms with Gasteiger partial charge in [-0.1, -0.05) is 11.6 Å². The molecule has 0 aliphatic heterocycles. The van der Waals surface area contributed by atoms with Gasteiger partial charge in [-0.05, 0) is 35.4 Å². The Bertz CT molecular complexity index is 450. The summed E-state index contributed by atoms with van der Waals surface area (Å²) in [4.78, 5) is 2.34. The van der Waals surface area contributed by atoms with E-state index in [0.717, 1.165) is 9.90 Å². The van der Waals surface area contributed by atoms with Crippen molar-refractivity contribution < 1.29 is 0 Å². The number of aryl methyl sites for hydroxylation is 1. The number of halogens is 1. The number of hydrogen-bond donors (Lipinski definition) is 2. The van der Waals surface area contributed by atoms with E-state index in [2.05, 4.69) is 23.8 Å². The standard InChI is InChI=1S/C10H11ClN2S2/c1-6-4-7(5-15-6)9(13-12)10-8(11)2-3-14-10/h2-5,9,13H,12H2,1H3.